The van der Waals surface area contributed by atoms with Crippen molar-refractivity contribution in [2.45, 2.75) is 19.4 Å². The largest absolute Gasteiger partial charge is 0.573 e. The number of rotatable bonds is 6. The van der Waals surface area contributed by atoms with Crippen LogP contribution in [0.1, 0.15) is 27.0 Å². The molecule has 3 aromatic rings. The number of carbonyl (C=O) groups excluding carboxylic acids is 1. The third-order valence-corrected chi connectivity index (χ3v) is 5.88. The fourth-order valence-electron chi connectivity index (χ4n) is 2.39. The normalized spacial score (nSPS) is 12.6. The van der Waals surface area contributed by atoms with Crippen LogP contribution in [0.5, 0.6) is 5.75 Å². The van der Waals surface area contributed by atoms with E-state index in [2.05, 4.69) is 15.0 Å². The minimum absolute atomic E-state index is 0.0933. The molecule has 1 unspecified atom stereocenters. The standard InChI is InChI=1S/C18H15F3N2O3S2/c1-10-15(28-17(23-10)14-3-2-8-27-14)16(25)22-9-13(24)11-4-6-12(7-5-11)26-18(19,20)21/h2-8,13,24H,9H2,1H3,(H,22,25). The van der Waals surface area contributed by atoms with Crippen LogP contribution in [0.2, 0.25) is 0 Å². The molecule has 0 bridgehead atoms. The second kappa shape index (κ2) is 8.29. The van der Waals surface area contributed by atoms with Gasteiger partial charge in [-0.1, -0.05) is 18.2 Å². The minimum Gasteiger partial charge on any atom is -0.406 e. The molecule has 2 N–H and O–H groups in total. The molecule has 2 heterocycles. The highest BCUT2D eigenvalue weighted by Gasteiger charge is 2.31. The maximum Gasteiger partial charge on any atom is 0.573 e. The van der Waals surface area contributed by atoms with E-state index in [9.17, 15) is 23.1 Å². The summed E-state index contributed by atoms with van der Waals surface area (Å²) in [5.41, 5.74) is 0.948. The average molecular weight is 428 g/mol. The summed E-state index contributed by atoms with van der Waals surface area (Å²) in [6.07, 6.45) is -5.85. The number of benzene rings is 1. The quantitative estimate of drug-likeness (QED) is 0.605. The molecule has 0 radical (unpaired) electrons. The zero-order valence-corrected chi connectivity index (χ0v) is 16.1. The van der Waals surface area contributed by atoms with Gasteiger partial charge in [0.05, 0.1) is 16.7 Å². The topological polar surface area (TPSA) is 71.5 Å². The third-order valence-electron chi connectivity index (χ3n) is 3.69. The lowest BCUT2D eigenvalue weighted by molar-refractivity contribution is -0.274. The third kappa shape index (κ3) is 5.09. The van der Waals surface area contributed by atoms with Gasteiger partial charge in [-0.3, -0.25) is 4.79 Å². The number of aliphatic hydroxyl groups excluding tert-OH is 1. The molecule has 148 valence electrons. The summed E-state index contributed by atoms with van der Waals surface area (Å²) in [4.78, 5) is 18.2. The predicted molar refractivity (Wildman–Crippen MR) is 101 cm³/mol. The Morgan fingerprint density at radius 2 is 2.00 bits per heavy atom. The second-order valence-electron chi connectivity index (χ2n) is 5.75. The molecule has 0 spiro atoms. The second-order valence-corrected chi connectivity index (χ2v) is 7.70. The number of thiazole rings is 1. The van der Waals surface area contributed by atoms with Crippen LogP contribution in [0, 0.1) is 6.92 Å². The van der Waals surface area contributed by atoms with Crippen molar-refractivity contribution in [2.75, 3.05) is 6.54 Å². The van der Waals surface area contributed by atoms with Crippen molar-refractivity contribution in [3.63, 3.8) is 0 Å². The fraction of sp³-hybridized carbons (Fsp3) is 0.222. The molecule has 0 saturated heterocycles. The molecule has 2 aromatic heterocycles. The van der Waals surface area contributed by atoms with E-state index in [0.717, 1.165) is 22.0 Å². The number of aliphatic hydroxyl groups is 1. The van der Waals surface area contributed by atoms with E-state index in [0.29, 0.717) is 16.1 Å². The molecule has 0 aliphatic heterocycles. The number of carbonyl (C=O) groups is 1. The number of thiophene rings is 1. The molecule has 1 amide bonds. The number of nitrogens with zero attached hydrogens (tertiary/aromatic N) is 1. The van der Waals surface area contributed by atoms with Crippen molar-refractivity contribution in [1.82, 2.24) is 10.3 Å². The molecule has 0 fully saturated rings. The number of amides is 1. The number of hydrogen-bond donors (Lipinski definition) is 2. The Hall–Kier alpha value is -2.43. The van der Waals surface area contributed by atoms with Crippen LogP contribution < -0.4 is 10.1 Å². The smallest absolute Gasteiger partial charge is 0.406 e. The Bertz CT molecular complexity index is 938. The molecular weight excluding hydrogens is 413 g/mol. The zero-order chi connectivity index (χ0) is 20.3. The highest BCUT2D eigenvalue weighted by atomic mass is 32.1. The lowest BCUT2D eigenvalue weighted by Crippen LogP contribution is -2.28. The van der Waals surface area contributed by atoms with Crippen molar-refractivity contribution < 1.29 is 27.8 Å². The van der Waals surface area contributed by atoms with Crippen LogP contribution in [0.3, 0.4) is 0 Å². The number of alkyl halides is 3. The number of hydrogen-bond acceptors (Lipinski definition) is 6. The maximum atomic E-state index is 12.4. The van der Waals surface area contributed by atoms with Crippen LogP contribution in [0.15, 0.2) is 41.8 Å². The molecule has 5 nitrogen and oxygen atoms in total. The first kappa shape index (κ1) is 20.3. The average Bonchev–Trinajstić information content (AvgIpc) is 3.28. The molecule has 3 rings (SSSR count). The van der Waals surface area contributed by atoms with Gasteiger partial charge in [0.1, 0.15) is 15.6 Å². The van der Waals surface area contributed by atoms with Gasteiger partial charge >= 0.3 is 6.36 Å². The summed E-state index contributed by atoms with van der Waals surface area (Å²) in [7, 11) is 0. The van der Waals surface area contributed by atoms with Gasteiger partial charge in [-0.05, 0) is 36.1 Å². The number of aromatic nitrogens is 1. The molecule has 1 atom stereocenters. The monoisotopic (exact) mass is 428 g/mol. The highest BCUT2D eigenvalue weighted by molar-refractivity contribution is 7.22. The molecule has 10 heteroatoms. The van der Waals surface area contributed by atoms with E-state index < -0.39 is 12.5 Å². The Kier molecular flexibility index (Phi) is 6.01. The Morgan fingerprint density at radius 1 is 1.29 bits per heavy atom. The number of nitrogens with one attached hydrogen (secondary N) is 1. The van der Waals surface area contributed by atoms with Crippen molar-refractivity contribution in [3.8, 4) is 15.6 Å². The lowest BCUT2D eigenvalue weighted by atomic mass is 10.1. The molecule has 28 heavy (non-hydrogen) atoms. The van der Waals surface area contributed by atoms with Gasteiger partial charge in [0.15, 0.2) is 0 Å². The van der Waals surface area contributed by atoms with E-state index in [1.165, 1.54) is 34.8 Å². The van der Waals surface area contributed by atoms with Crippen molar-refractivity contribution in [2.24, 2.45) is 0 Å². The first-order valence-corrected chi connectivity index (χ1v) is 9.76. The number of aryl methyl sites for hydroxylation is 1. The van der Waals surface area contributed by atoms with Gasteiger partial charge < -0.3 is 15.2 Å². The van der Waals surface area contributed by atoms with Gasteiger partial charge in [0, 0.05) is 6.54 Å². The van der Waals surface area contributed by atoms with E-state index in [4.69, 9.17) is 0 Å². The maximum absolute atomic E-state index is 12.4. The summed E-state index contributed by atoms with van der Waals surface area (Å²) >= 11 is 2.79. The summed E-state index contributed by atoms with van der Waals surface area (Å²) in [6, 6.07) is 8.65. The zero-order valence-electron chi connectivity index (χ0n) is 14.5. The summed E-state index contributed by atoms with van der Waals surface area (Å²) in [5, 5.41) is 15.5. The van der Waals surface area contributed by atoms with E-state index in [-0.39, 0.29) is 18.2 Å². The molecule has 1 aromatic carbocycles. The first-order valence-electron chi connectivity index (χ1n) is 8.06. The van der Waals surface area contributed by atoms with Gasteiger partial charge in [0.25, 0.3) is 5.91 Å². The SMILES string of the molecule is Cc1nc(-c2cccs2)sc1C(=O)NCC(O)c1ccc(OC(F)(F)F)cc1. The van der Waals surface area contributed by atoms with Gasteiger partial charge in [-0.25, -0.2) is 4.98 Å². The van der Waals surface area contributed by atoms with Gasteiger partial charge in [0.2, 0.25) is 0 Å². The molecule has 0 aliphatic rings. The van der Waals surface area contributed by atoms with Crippen molar-refractivity contribution in [3.05, 3.63) is 57.9 Å². The van der Waals surface area contributed by atoms with E-state index >= 15 is 0 Å². The summed E-state index contributed by atoms with van der Waals surface area (Å²) < 4.78 is 40.3. The molecule has 0 saturated carbocycles. The Balaban J connectivity index is 1.60. The Labute approximate surface area is 166 Å². The van der Waals surface area contributed by atoms with E-state index in [1.54, 1.807) is 6.92 Å². The van der Waals surface area contributed by atoms with Crippen LogP contribution in [0.4, 0.5) is 13.2 Å². The van der Waals surface area contributed by atoms with Gasteiger partial charge in [-0.15, -0.1) is 35.8 Å². The van der Waals surface area contributed by atoms with Crippen LogP contribution in [-0.2, 0) is 0 Å². The minimum atomic E-state index is -4.78. The predicted octanol–water partition coefficient (Wildman–Crippen LogP) is 4.54. The van der Waals surface area contributed by atoms with E-state index in [1.807, 2.05) is 17.5 Å². The molecule has 0 aliphatic carbocycles. The summed E-state index contributed by atoms with van der Waals surface area (Å²) in [5.74, 6) is -0.747. The first-order chi connectivity index (χ1) is 13.2. The fourth-order valence-corrected chi connectivity index (χ4v) is 4.17. The summed E-state index contributed by atoms with van der Waals surface area (Å²) in [6.45, 7) is 1.64. The lowest BCUT2D eigenvalue weighted by Gasteiger charge is -2.13. The van der Waals surface area contributed by atoms with Gasteiger partial charge in [-0.2, -0.15) is 0 Å². The van der Waals surface area contributed by atoms with Crippen LogP contribution in [-0.4, -0.2) is 28.9 Å². The molecular formula is C18H15F3N2O3S2. The Morgan fingerprint density at radius 3 is 2.61 bits per heavy atom. The number of ether oxygens (including phenoxy) is 1. The van der Waals surface area contributed by atoms with Crippen molar-refractivity contribution >= 4 is 28.6 Å². The highest BCUT2D eigenvalue weighted by Crippen LogP contribution is 2.31. The van der Waals surface area contributed by atoms with Crippen molar-refractivity contribution in [1.29, 1.82) is 0 Å². The van der Waals surface area contributed by atoms with Crippen LogP contribution >= 0.6 is 22.7 Å². The number of halogens is 3. The van der Waals surface area contributed by atoms with Crippen LogP contribution in [0.25, 0.3) is 9.88 Å².